The average Bonchev–Trinajstić information content (AvgIpc) is 2.96. The Balaban J connectivity index is 1.49. The zero-order chi connectivity index (χ0) is 22.9. The van der Waals surface area contributed by atoms with Gasteiger partial charge in [-0.15, -0.1) is 0 Å². The van der Waals surface area contributed by atoms with Crippen LogP contribution in [0.1, 0.15) is 52.0 Å². The Kier molecular flexibility index (Phi) is 6.67. The molecule has 2 saturated heterocycles. The van der Waals surface area contributed by atoms with Crippen molar-refractivity contribution in [3.63, 3.8) is 0 Å². The number of ether oxygens (including phenoxy) is 1. The number of hydrogen-bond donors (Lipinski definition) is 1. The number of piperidine rings is 1. The van der Waals surface area contributed by atoms with Crippen molar-refractivity contribution in [1.82, 2.24) is 10.2 Å². The summed E-state index contributed by atoms with van der Waals surface area (Å²) in [6.07, 6.45) is 1.80. The van der Waals surface area contributed by atoms with E-state index in [0.29, 0.717) is 38.8 Å². The fourth-order valence-corrected chi connectivity index (χ4v) is 5.00. The third-order valence-corrected chi connectivity index (χ3v) is 7.17. The minimum atomic E-state index is -3.82. The van der Waals surface area contributed by atoms with E-state index in [0.717, 1.165) is 5.56 Å². The summed E-state index contributed by atoms with van der Waals surface area (Å²) in [5, 5.41) is 2.98. The molecule has 1 aromatic rings. The van der Waals surface area contributed by atoms with Gasteiger partial charge in [0.25, 0.3) is 10.1 Å². The number of nitrogens with zero attached hydrogens (tertiary/aromatic N) is 1. The topological polar surface area (TPSA) is 102 Å². The first-order valence-electron chi connectivity index (χ1n) is 10.7. The van der Waals surface area contributed by atoms with Gasteiger partial charge in [-0.05, 0) is 65.5 Å². The summed E-state index contributed by atoms with van der Waals surface area (Å²) in [5.41, 5.74) is -0.101. The number of amides is 2. The molecule has 2 amide bonds. The maximum atomic E-state index is 12.7. The van der Waals surface area contributed by atoms with Crippen molar-refractivity contribution >= 4 is 22.1 Å². The number of benzene rings is 1. The summed E-state index contributed by atoms with van der Waals surface area (Å²) in [7, 11) is -3.82. The first kappa shape index (κ1) is 23.5. The Bertz CT molecular complexity index is 912. The number of likely N-dealkylation sites (tertiary alicyclic amines) is 1. The normalized spacial score (nSPS) is 21.2. The lowest BCUT2D eigenvalue weighted by atomic mass is 9.76. The minimum absolute atomic E-state index is 0.00126. The van der Waals surface area contributed by atoms with Gasteiger partial charge in [0.15, 0.2) is 0 Å². The van der Waals surface area contributed by atoms with Gasteiger partial charge in [0, 0.05) is 19.1 Å². The Morgan fingerprint density at radius 3 is 2.39 bits per heavy atom. The van der Waals surface area contributed by atoms with Crippen LogP contribution in [0.15, 0.2) is 29.2 Å². The van der Waals surface area contributed by atoms with Crippen molar-refractivity contribution in [2.75, 3.05) is 19.7 Å². The van der Waals surface area contributed by atoms with E-state index in [-0.39, 0.29) is 29.5 Å². The lowest BCUT2D eigenvalue weighted by molar-refractivity contribution is -0.130. The standard InChI is InChI=1S/C22H32N2O6S/c1-16-5-7-18(8-6-16)31(27,28)29-14-9-17-15-22(19(25)23-17)10-12-24(13-11-22)20(26)30-21(2,3)4/h5-8,17H,9-15H2,1-4H3,(H,23,25)/t17-/m1/s1. The molecule has 2 aliphatic heterocycles. The van der Waals surface area contributed by atoms with Gasteiger partial charge < -0.3 is 15.0 Å². The predicted octanol–water partition coefficient (Wildman–Crippen LogP) is 3.00. The first-order chi connectivity index (χ1) is 14.4. The van der Waals surface area contributed by atoms with Gasteiger partial charge in [-0.2, -0.15) is 8.42 Å². The van der Waals surface area contributed by atoms with Crippen LogP contribution in [0.5, 0.6) is 0 Å². The van der Waals surface area contributed by atoms with Gasteiger partial charge in [-0.1, -0.05) is 17.7 Å². The number of aryl methyl sites for hydroxylation is 1. The fraction of sp³-hybridized carbons (Fsp3) is 0.636. The van der Waals surface area contributed by atoms with E-state index < -0.39 is 21.1 Å². The molecule has 1 atom stereocenters. The smallest absolute Gasteiger partial charge is 0.410 e. The summed E-state index contributed by atoms with van der Waals surface area (Å²) in [4.78, 5) is 26.7. The summed E-state index contributed by atoms with van der Waals surface area (Å²) < 4.78 is 35.2. The molecule has 0 aliphatic carbocycles. The maximum absolute atomic E-state index is 12.7. The molecule has 0 unspecified atom stereocenters. The molecule has 2 heterocycles. The van der Waals surface area contributed by atoms with Crippen LogP contribution in [-0.4, -0.2) is 56.7 Å². The summed E-state index contributed by atoms with van der Waals surface area (Å²) in [6, 6.07) is 6.35. The lowest BCUT2D eigenvalue weighted by Crippen LogP contribution is -2.47. The van der Waals surface area contributed by atoms with Crippen LogP contribution in [0.3, 0.4) is 0 Å². The molecule has 1 spiro atoms. The van der Waals surface area contributed by atoms with E-state index in [1.54, 1.807) is 17.0 Å². The summed E-state index contributed by atoms with van der Waals surface area (Å²) in [6.45, 7) is 8.29. The third kappa shape index (κ3) is 5.77. The SMILES string of the molecule is Cc1ccc(S(=O)(=O)OCC[C@@H]2CC3(CCN(C(=O)OC(C)(C)C)CC3)C(=O)N2)cc1. The Morgan fingerprint density at radius 1 is 1.19 bits per heavy atom. The Labute approximate surface area is 184 Å². The Morgan fingerprint density at radius 2 is 1.81 bits per heavy atom. The highest BCUT2D eigenvalue weighted by Gasteiger charge is 2.48. The molecule has 1 aromatic carbocycles. The van der Waals surface area contributed by atoms with Crippen LogP contribution in [0.25, 0.3) is 0 Å². The van der Waals surface area contributed by atoms with E-state index in [1.165, 1.54) is 12.1 Å². The number of carbonyl (C=O) groups excluding carboxylic acids is 2. The van der Waals surface area contributed by atoms with E-state index in [9.17, 15) is 18.0 Å². The summed E-state index contributed by atoms with van der Waals surface area (Å²) in [5.74, 6) is -0.0252. The van der Waals surface area contributed by atoms with Crippen molar-refractivity contribution in [3.05, 3.63) is 29.8 Å². The molecule has 0 bridgehead atoms. The highest BCUT2D eigenvalue weighted by molar-refractivity contribution is 7.86. The third-order valence-electron chi connectivity index (χ3n) is 5.84. The first-order valence-corrected chi connectivity index (χ1v) is 12.1. The van der Waals surface area contributed by atoms with Crippen LogP contribution in [0.4, 0.5) is 4.79 Å². The number of nitrogens with one attached hydrogen (secondary N) is 1. The molecule has 31 heavy (non-hydrogen) atoms. The number of rotatable bonds is 5. The van der Waals surface area contributed by atoms with Crippen molar-refractivity contribution < 1.29 is 26.9 Å². The monoisotopic (exact) mass is 452 g/mol. The van der Waals surface area contributed by atoms with Gasteiger partial charge in [-0.3, -0.25) is 8.98 Å². The minimum Gasteiger partial charge on any atom is -0.444 e. The van der Waals surface area contributed by atoms with Gasteiger partial charge in [0.2, 0.25) is 5.91 Å². The van der Waals surface area contributed by atoms with E-state index in [4.69, 9.17) is 8.92 Å². The van der Waals surface area contributed by atoms with Crippen molar-refractivity contribution in [2.24, 2.45) is 5.41 Å². The number of hydrogen-bond acceptors (Lipinski definition) is 6. The van der Waals surface area contributed by atoms with Crippen LogP contribution in [0, 0.1) is 12.3 Å². The second kappa shape index (κ2) is 8.78. The van der Waals surface area contributed by atoms with Gasteiger partial charge in [0.1, 0.15) is 5.60 Å². The molecular weight excluding hydrogens is 420 g/mol. The quantitative estimate of drug-likeness (QED) is 0.689. The second-order valence-electron chi connectivity index (χ2n) is 9.50. The van der Waals surface area contributed by atoms with Crippen LogP contribution in [0.2, 0.25) is 0 Å². The largest absolute Gasteiger partial charge is 0.444 e. The molecule has 1 N–H and O–H groups in total. The summed E-state index contributed by atoms with van der Waals surface area (Å²) >= 11 is 0. The van der Waals surface area contributed by atoms with Crippen molar-refractivity contribution in [3.8, 4) is 0 Å². The van der Waals surface area contributed by atoms with Crippen molar-refractivity contribution in [2.45, 2.75) is 69.9 Å². The molecule has 2 aliphatic rings. The van der Waals surface area contributed by atoms with Crippen molar-refractivity contribution in [1.29, 1.82) is 0 Å². The van der Waals surface area contributed by atoms with Crippen LogP contribution >= 0.6 is 0 Å². The van der Waals surface area contributed by atoms with Crippen LogP contribution < -0.4 is 5.32 Å². The molecule has 8 nitrogen and oxygen atoms in total. The predicted molar refractivity (Wildman–Crippen MR) is 115 cm³/mol. The molecule has 3 rings (SSSR count). The highest BCUT2D eigenvalue weighted by Crippen LogP contribution is 2.41. The second-order valence-corrected chi connectivity index (χ2v) is 11.1. The fourth-order valence-electron chi connectivity index (χ4n) is 4.08. The molecule has 0 radical (unpaired) electrons. The zero-order valence-corrected chi connectivity index (χ0v) is 19.5. The molecule has 0 aromatic heterocycles. The Hall–Kier alpha value is -2.13. The van der Waals surface area contributed by atoms with E-state index in [1.807, 2.05) is 27.7 Å². The lowest BCUT2D eigenvalue weighted by Gasteiger charge is -2.38. The molecular formula is C22H32N2O6S. The maximum Gasteiger partial charge on any atom is 0.410 e. The molecule has 2 fully saturated rings. The van der Waals surface area contributed by atoms with Crippen LogP contribution in [-0.2, 0) is 23.8 Å². The molecule has 172 valence electrons. The van der Waals surface area contributed by atoms with Gasteiger partial charge >= 0.3 is 6.09 Å². The number of carbonyl (C=O) groups is 2. The molecule has 0 saturated carbocycles. The van der Waals surface area contributed by atoms with Gasteiger partial charge in [0.05, 0.1) is 16.9 Å². The average molecular weight is 453 g/mol. The van der Waals surface area contributed by atoms with Gasteiger partial charge in [-0.25, -0.2) is 4.79 Å². The highest BCUT2D eigenvalue weighted by atomic mass is 32.2. The van der Waals surface area contributed by atoms with E-state index >= 15 is 0 Å². The molecule has 9 heteroatoms. The zero-order valence-electron chi connectivity index (χ0n) is 18.6. The van der Waals surface area contributed by atoms with E-state index in [2.05, 4.69) is 5.32 Å².